The Bertz CT molecular complexity index is 1030. The third-order valence-electron chi connectivity index (χ3n) is 5.14. The van der Waals surface area contributed by atoms with E-state index in [0.29, 0.717) is 37.6 Å². The molecule has 0 bridgehead atoms. The molecule has 1 aromatic carbocycles. The topological polar surface area (TPSA) is 97.4 Å². The van der Waals surface area contributed by atoms with Gasteiger partial charge in [-0.25, -0.2) is 0 Å². The summed E-state index contributed by atoms with van der Waals surface area (Å²) in [5.41, 5.74) is 0.701. The van der Waals surface area contributed by atoms with Crippen molar-refractivity contribution in [3.05, 3.63) is 63.1 Å². The fourth-order valence-electron chi connectivity index (χ4n) is 3.50. The second-order valence-electron chi connectivity index (χ2n) is 7.04. The maximum atomic E-state index is 12.7. The molecule has 1 aliphatic rings. The average Bonchev–Trinajstić information content (AvgIpc) is 3.48. The summed E-state index contributed by atoms with van der Waals surface area (Å²) >= 11 is 3.12. The number of nitro benzene ring substituents is 1. The van der Waals surface area contributed by atoms with Crippen molar-refractivity contribution in [1.29, 1.82) is 0 Å². The van der Waals surface area contributed by atoms with Crippen LogP contribution in [-0.4, -0.2) is 62.4 Å². The van der Waals surface area contributed by atoms with Gasteiger partial charge in [-0.15, -0.1) is 21.5 Å². The number of aromatic nitrogens is 3. The van der Waals surface area contributed by atoms with Crippen LogP contribution in [0.5, 0.6) is 0 Å². The molecule has 0 unspecified atom stereocenters. The number of carbonyl (C=O) groups excluding carboxylic acids is 1. The number of thiophene rings is 1. The summed E-state index contributed by atoms with van der Waals surface area (Å²) < 4.78 is 1.98. The van der Waals surface area contributed by atoms with Gasteiger partial charge in [0.2, 0.25) is 5.91 Å². The van der Waals surface area contributed by atoms with Crippen molar-refractivity contribution in [3.8, 4) is 0 Å². The van der Waals surface area contributed by atoms with Gasteiger partial charge < -0.3 is 14.4 Å². The summed E-state index contributed by atoms with van der Waals surface area (Å²) in [5, 5.41) is 22.2. The molecule has 4 rings (SSSR count). The number of nitrogens with zero attached hydrogens (tertiary/aromatic N) is 6. The lowest BCUT2D eigenvalue weighted by atomic mass is 10.2. The van der Waals surface area contributed by atoms with Crippen LogP contribution in [0.15, 0.2) is 53.3 Å². The van der Waals surface area contributed by atoms with Crippen molar-refractivity contribution in [1.82, 2.24) is 19.7 Å². The normalized spacial score (nSPS) is 14.1. The van der Waals surface area contributed by atoms with E-state index in [4.69, 9.17) is 0 Å². The highest BCUT2D eigenvalue weighted by Crippen LogP contribution is 2.28. The molecule has 0 radical (unpaired) electrons. The molecule has 0 atom stereocenters. The zero-order valence-corrected chi connectivity index (χ0v) is 18.4. The van der Waals surface area contributed by atoms with E-state index in [1.165, 1.54) is 22.7 Å². The first-order valence-corrected chi connectivity index (χ1v) is 11.8. The van der Waals surface area contributed by atoms with Gasteiger partial charge in [0.1, 0.15) is 12.0 Å². The van der Waals surface area contributed by atoms with Gasteiger partial charge in [-0.05, 0) is 23.9 Å². The van der Waals surface area contributed by atoms with Gasteiger partial charge in [0.05, 0.1) is 10.7 Å². The first-order chi connectivity index (χ1) is 15.1. The third-order valence-corrected chi connectivity index (χ3v) is 7.04. The third kappa shape index (κ3) is 5.23. The van der Waals surface area contributed by atoms with Crippen molar-refractivity contribution in [3.63, 3.8) is 0 Å². The number of hydrogen-bond donors (Lipinski definition) is 0. The summed E-state index contributed by atoms with van der Waals surface area (Å²) in [6, 6.07) is 10.9. The van der Waals surface area contributed by atoms with Crippen LogP contribution in [0.2, 0.25) is 0 Å². The van der Waals surface area contributed by atoms with Crippen LogP contribution in [0.3, 0.4) is 0 Å². The van der Waals surface area contributed by atoms with Crippen LogP contribution in [0.4, 0.5) is 11.4 Å². The molecule has 0 saturated carbocycles. The van der Waals surface area contributed by atoms with Crippen LogP contribution in [0, 0.1) is 10.1 Å². The van der Waals surface area contributed by atoms with Gasteiger partial charge in [0.25, 0.3) is 5.69 Å². The lowest BCUT2D eigenvalue weighted by molar-refractivity contribution is -0.384. The van der Waals surface area contributed by atoms with E-state index >= 15 is 0 Å². The molecule has 31 heavy (non-hydrogen) atoms. The predicted molar refractivity (Wildman–Crippen MR) is 121 cm³/mol. The van der Waals surface area contributed by atoms with E-state index < -0.39 is 0 Å². The number of nitro groups is 1. The highest BCUT2D eigenvalue weighted by atomic mass is 32.2. The molecule has 162 valence electrons. The SMILES string of the molecule is O=C(CSc1nncn1CCc1cccs1)N1CCN(c2ccccc2[N+](=O)[O-])CC1. The molecule has 2 aromatic heterocycles. The van der Waals surface area contributed by atoms with Crippen LogP contribution in [0.25, 0.3) is 0 Å². The number of thioether (sulfide) groups is 1. The van der Waals surface area contributed by atoms with E-state index in [1.54, 1.807) is 35.9 Å². The number of carbonyl (C=O) groups is 1. The largest absolute Gasteiger partial charge is 0.362 e. The molecule has 0 aliphatic carbocycles. The first-order valence-electron chi connectivity index (χ1n) is 9.91. The maximum absolute atomic E-state index is 12.7. The zero-order valence-electron chi connectivity index (χ0n) is 16.8. The van der Waals surface area contributed by atoms with E-state index in [2.05, 4.69) is 21.6 Å². The van der Waals surface area contributed by atoms with Crippen molar-refractivity contribution in [2.45, 2.75) is 18.1 Å². The van der Waals surface area contributed by atoms with Gasteiger partial charge in [-0.1, -0.05) is 30.0 Å². The number of piperazine rings is 1. The Labute approximate surface area is 187 Å². The molecule has 3 heterocycles. The minimum absolute atomic E-state index is 0.0417. The van der Waals surface area contributed by atoms with E-state index in [-0.39, 0.29) is 16.5 Å². The molecule has 1 saturated heterocycles. The molecule has 9 nitrogen and oxygen atoms in total. The molecular formula is C20H22N6O3S2. The molecular weight excluding hydrogens is 436 g/mol. The number of aryl methyl sites for hydroxylation is 2. The van der Waals surface area contributed by atoms with Crippen LogP contribution < -0.4 is 4.90 Å². The lowest BCUT2D eigenvalue weighted by Gasteiger charge is -2.35. The quantitative estimate of drug-likeness (QED) is 0.291. The molecule has 1 aliphatic heterocycles. The van der Waals surface area contributed by atoms with Crippen molar-refractivity contribution in [2.24, 2.45) is 0 Å². The second-order valence-corrected chi connectivity index (χ2v) is 9.01. The summed E-state index contributed by atoms with van der Waals surface area (Å²) in [6.45, 7) is 2.99. The van der Waals surface area contributed by atoms with E-state index in [0.717, 1.165) is 18.1 Å². The smallest absolute Gasteiger partial charge is 0.292 e. The number of anilines is 1. The van der Waals surface area contributed by atoms with Crippen LogP contribution in [0.1, 0.15) is 4.88 Å². The summed E-state index contributed by atoms with van der Waals surface area (Å²) in [4.78, 5) is 28.7. The van der Waals surface area contributed by atoms with Crippen molar-refractivity contribution in [2.75, 3.05) is 36.8 Å². The van der Waals surface area contributed by atoms with Gasteiger partial charge in [0, 0.05) is 43.7 Å². The molecule has 1 fully saturated rings. The monoisotopic (exact) mass is 458 g/mol. The van der Waals surface area contributed by atoms with Crippen LogP contribution >= 0.6 is 23.1 Å². The fourth-order valence-corrected chi connectivity index (χ4v) is 5.04. The second kappa shape index (κ2) is 9.92. The average molecular weight is 459 g/mol. The van der Waals surface area contributed by atoms with Gasteiger partial charge in [-0.3, -0.25) is 14.9 Å². The van der Waals surface area contributed by atoms with Crippen molar-refractivity contribution >= 4 is 40.4 Å². The number of amides is 1. The number of para-hydroxylation sites is 2. The molecule has 0 N–H and O–H groups in total. The Kier molecular flexibility index (Phi) is 6.82. The Morgan fingerprint density at radius 3 is 2.71 bits per heavy atom. The standard InChI is InChI=1S/C20H22N6O3S2/c27-19(14-31-20-22-21-15-25(20)8-7-16-4-3-13-30-16)24-11-9-23(10-12-24)17-5-1-2-6-18(17)26(28)29/h1-6,13,15H,7-12,14H2. The summed E-state index contributed by atoms with van der Waals surface area (Å²) in [7, 11) is 0. The Morgan fingerprint density at radius 1 is 1.16 bits per heavy atom. The van der Waals surface area contributed by atoms with Crippen LogP contribution in [-0.2, 0) is 17.8 Å². The van der Waals surface area contributed by atoms with Gasteiger partial charge in [-0.2, -0.15) is 0 Å². The number of hydrogen-bond acceptors (Lipinski definition) is 8. The predicted octanol–water partition coefficient (Wildman–Crippen LogP) is 2.93. The molecule has 11 heteroatoms. The Morgan fingerprint density at radius 2 is 1.97 bits per heavy atom. The van der Waals surface area contributed by atoms with E-state index in [1.807, 2.05) is 20.4 Å². The fraction of sp³-hybridized carbons (Fsp3) is 0.350. The molecule has 1 amide bonds. The zero-order chi connectivity index (χ0) is 21.6. The minimum atomic E-state index is -0.363. The van der Waals surface area contributed by atoms with Gasteiger partial charge >= 0.3 is 0 Å². The van der Waals surface area contributed by atoms with E-state index in [9.17, 15) is 14.9 Å². The summed E-state index contributed by atoms with van der Waals surface area (Å²) in [6.07, 6.45) is 2.61. The lowest BCUT2D eigenvalue weighted by Crippen LogP contribution is -2.49. The first kappa shape index (κ1) is 21.3. The number of rotatable bonds is 8. The molecule has 0 spiro atoms. The van der Waals surface area contributed by atoms with Gasteiger partial charge in [0.15, 0.2) is 5.16 Å². The number of benzene rings is 1. The minimum Gasteiger partial charge on any atom is -0.362 e. The maximum Gasteiger partial charge on any atom is 0.292 e. The highest BCUT2D eigenvalue weighted by molar-refractivity contribution is 7.99. The Balaban J connectivity index is 1.28. The van der Waals surface area contributed by atoms with Crippen molar-refractivity contribution < 1.29 is 9.72 Å². The Hall–Kier alpha value is -2.92. The molecule has 3 aromatic rings. The summed E-state index contributed by atoms with van der Waals surface area (Å²) in [5.74, 6) is 0.337. The highest BCUT2D eigenvalue weighted by Gasteiger charge is 2.25.